The molecule has 4 rings (SSSR count). The van der Waals surface area contributed by atoms with Gasteiger partial charge in [-0.15, -0.1) is 0 Å². The molecule has 1 atom stereocenters. The standard InChI is InChI=1S/C24H24N2O5S/c1-17-15-18-5-3-4-6-23(18)26(17)24(27)16-31-21-11-13-22(14-12-21)32(28,29)25-19-7-9-20(30-2)10-8-19/h3-14,17,25H,15-16H2,1-2H3/t17-/m0/s1. The molecule has 1 heterocycles. The van der Waals surface area contributed by atoms with E-state index in [1.165, 1.54) is 24.3 Å². The summed E-state index contributed by atoms with van der Waals surface area (Å²) in [5.41, 5.74) is 2.49. The van der Waals surface area contributed by atoms with E-state index in [-0.39, 0.29) is 23.5 Å². The van der Waals surface area contributed by atoms with Crippen LogP contribution in [0.3, 0.4) is 0 Å². The molecule has 0 unspecified atom stereocenters. The van der Waals surface area contributed by atoms with Crippen LogP contribution in [0.4, 0.5) is 11.4 Å². The molecule has 1 aliphatic rings. The van der Waals surface area contributed by atoms with Crippen LogP contribution in [0.5, 0.6) is 11.5 Å². The number of para-hydroxylation sites is 1. The lowest BCUT2D eigenvalue weighted by atomic mass is 10.1. The van der Waals surface area contributed by atoms with E-state index in [0.29, 0.717) is 17.2 Å². The number of sulfonamides is 1. The summed E-state index contributed by atoms with van der Waals surface area (Å²) in [4.78, 5) is 14.6. The fourth-order valence-corrected chi connectivity index (χ4v) is 4.81. The van der Waals surface area contributed by atoms with E-state index >= 15 is 0 Å². The molecule has 1 amide bonds. The molecular formula is C24H24N2O5S. The molecule has 7 nitrogen and oxygen atoms in total. The number of methoxy groups -OCH3 is 1. The second-order valence-corrected chi connectivity index (χ2v) is 9.22. The molecule has 3 aromatic carbocycles. The lowest BCUT2D eigenvalue weighted by Crippen LogP contribution is -2.39. The van der Waals surface area contributed by atoms with Gasteiger partial charge in [-0.3, -0.25) is 9.52 Å². The third-order valence-corrected chi connectivity index (χ3v) is 6.71. The first-order valence-electron chi connectivity index (χ1n) is 10.2. The van der Waals surface area contributed by atoms with Gasteiger partial charge in [-0.25, -0.2) is 8.42 Å². The van der Waals surface area contributed by atoms with Gasteiger partial charge in [0.15, 0.2) is 6.61 Å². The molecule has 0 spiro atoms. The number of benzene rings is 3. The van der Waals surface area contributed by atoms with Crippen molar-refractivity contribution in [2.75, 3.05) is 23.3 Å². The first kappa shape index (κ1) is 21.7. The van der Waals surface area contributed by atoms with E-state index < -0.39 is 10.0 Å². The van der Waals surface area contributed by atoms with E-state index in [4.69, 9.17) is 9.47 Å². The van der Waals surface area contributed by atoms with Gasteiger partial charge in [0.2, 0.25) is 0 Å². The third-order valence-electron chi connectivity index (χ3n) is 5.31. The van der Waals surface area contributed by atoms with Crippen LogP contribution in [0, 0.1) is 0 Å². The highest BCUT2D eigenvalue weighted by Crippen LogP contribution is 2.32. The van der Waals surface area contributed by atoms with Gasteiger partial charge in [-0.1, -0.05) is 18.2 Å². The summed E-state index contributed by atoms with van der Waals surface area (Å²) in [5, 5.41) is 0. The number of nitrogens with one attached hydrogen (secondary N) is 1. The summed E-state index contributed by atoms with van der Waals surface area (Å²) in [6.07, 6.45) is 0.815. The average Bonchev–Trinajstić information content (AvgIpc) is 3.14. The molecule has 3 aromatic rings. The molecule has 1 N–H and O–H groups in total. The van der Waals surface area contributed by atoms with Crippen LogP contribution in [0.1, 0.15) is 12.5 Å². The Hall–Kier alpha value is -3.52. The van der Waals surface area contributed by atoms with Crippen molar-refractivity contribution in [1.29, 1.82) is 0 Å². The highest BCUT2D eigenvalue weighted by Gasteiger charge is 2.30. The molecule has 166 valence electrons. The molecule has 32 heavy (non-hydrogen) atoms. The van der Waals surface area contributed by atoms with E-state index in [1.807, 2.05) is 31.2 Å². The van der Waals surface area contributed by atoms with Crippen LogP contribution >= 0.6 is 0 Å². The predicted octanol–water partition coefficient (Wildman–Crippen LogP) is 3.85. The summed E-state index contributed by atoms with van der Waals surface area (Å²) in [7, 11) is -2.21. The van der Waals surface area contributed by atoms with Gasteiger partial charge >= 0.3 is 0 Å². The van der Waals surface area contributed by atoms with Crippen molar-refractivity contribution in [3.8, 4) is 11.5 Å². The maximum atomic E-state index is 12.8. The second kappa shape index (κ2) is 8.92. The number of amides is 1. The van der Waals surface area contributed by atoms with E-state index in [9.17, 15) is 13.2 Å². The summed E-state index contributed by atoms with van der Waals surface area (Å²) >= 11 is 0. The van der Waals surface area contributed by atoms with Crippen LogP contribution in [-0.4, -0.2) is 34.1 Å². The number of ether oxygens (including phenoxy) is 2. The van der Waals surface area contributed by atoms with Crippen molar-refractivity contribution in [2.45, 2.75) is 24.3 Å². The van der Waals surface area contributed by atoms with Gasteiger partial charge in [-0.2, -0.15) is 0 Å². The third kappa shape index (κ3) is 4.55. The first-order chi connectivity index (χ1) is 15.4. The fraction of sp³-hybridized carbons (Fsp3) is 0.208. The minimum absolute atomic E-state index is 0.0695. The maximum Gasteiger partial charge on any atom is 0.265 e. The number of nitrogens with zero attached hydrogens (tertiary/aromatic N) is 1. The number of rotatable bonds is 7. The molecular weight excluding hydrogens is 428 g/mol. The molecule has 0 saturated carbocycles. The van der Waals surface area contributed by atoms with Gasteiger partial charge in [0.1, 0.15) is 11.5 Å². The Labute approximate surface area is 187 Å². The van der Waals surface area contributed by atoms with Crippen LogP contribution in [-0.2, 0) is 21.2 Å². The number of hydrogen-bond acceptors (Lipinski definition) is 5. The monoisotopic (exact) mass is 452 g/mol. The van der Waals surface area contributed by atoms with Crippen LogP contribution in [0.2, 0.25) is 0 Å². The average molecular weight is 453 g/mol. The topological polar surface area (TPSA) is 84.9 Å². The Morgan fingerprint density at radius 3 is 2.34 bits per heavy atom. The van der Waals surface area contributed by atoms with Gasteiger partial charge in [0.25, 0.3) is 15.9 Å². The fourth-order valence-electron chi connectivity index (χ4n) is 3.75. The Balaban J connectivity index is 1.39. The molecule has 0 radical (unpaired) electrons. The first-order valence-corrected chi connectivity index (χ1v) is 11.7. The predicted molar refractivity (Wildman–Crippen MR) is 123 cm³/mol. The number of carbonyl (C=O) groups is 1. The van der Waals surface area contributed by atoms with Crippen LogP contribution in [0.15, 0.2) is 77.7 Å². The lowest BCUT2D eigenvalue weighted by Gasteiger charge is -2.22. The van der Waals surface area contributed by atoms with E-state index in [1.54, 1.807) is 36.3 Å². The van der Waals surface area contributed by atoms with Crippen molar-refractivity contribution >= 4 is 27.3 Å². The molecule has 0 bridgehead atoms. The van der Waals surface area contributed by atoms with E-state index in [2.05, 4.69) is 4.72 Å². The van der Waals surface area contributed by atoms with Crippen LogP contribution in [0.25, 0.3) is 0 Å². The quantitative estimate of drug-likeness (QED) is 0.589. The van der Waals surface area contributed by atoms with Crippen molar-refractivity contribution in [3.05, 3.63) is 78.4 Å². The van der Waals surface area contributed by atoms with Crippen molar-refractivity contribution in [3.63, 3.8) is 0 Å². The molecule has 8 heteroatoms. The minimum Gasteiger partial charge on any atom is -0.497 e. The normalized spacial score (nSPS) is 15.2. The smallest absolute Gasteiger partial charge is 0.265 e. The Morgan fingerprint density at radius 2 is 1.66 bits per heavy atom. The van der Waals surface area contributed by atoms with Gasteiger partial charge in [0.05, 0.1) is 12.0 Å². The zero-order valence-electron chi connectivity index (χ0n) is 17.8. The van der Waals surface area contributed by atoms with Crippen molar-refractivity contribution in [2.24, 2.45) is 0 Å². The molecule has 1 aliphatic heterocycles. The SMILES string of the molecule is COc1ccc(NS(=O)(=O)c2ccc(OCC(=O)N3c4ccccc4C[C@@H]3C)cc2)cc1. The number of hydrogen-bond donors (Lipinski definition) is 1. The summed E-state index contributed by atoms with van der Waals surface area (Å²) in [6.45, 7) is 1.88. The molecule has 0 fully saturated rings. The maximum absolute atomic E-state index is 12.8. The number of carbonyl (C=O) groups excluding carboxylic acids is 1. The Kier molecular flexibility index (Phi) is 6.05. The largest absolute Gasteiger partial charge is 0.497 e. The lowest BCUT2D eigenvalue weighted by molar-refractivity contribution is -0.120. The van der Waals surface area contributed by atoms with Crippen molar-refractivity contribution < 1.29 is 22.7 Å². The highest BCUT2D eigenvalue weighted by atomic mass is 32.2. The van der Waals surface area contributed by atoms with Gasteiger partial charge in [0, 0.05) is 17.4 Å². The molecule has 0 aromatic heterocycles. The van der Waals surface area contributed by atoms with Gasteiger partial charge < -0.3 is 14.4 Å². The second-order valence-electron chi connectivity index (χ2n) is 7.54. The summed E-state index contributed by atoms with van der Waals surface area (Å²) in [5.74, 6) is 0.915. The number of fused-ring (bicyclic) bond motifs is 1. The zero-order chi connectivity index (χ0) is 22.7. The van der Waals surface area contributed by atoms with Gasteiger partial charge in [-0.05, 0) is 73.5 Å². The Bertz CT molecular complexity index is 1210. The molecule has 0 aliphatic carbocycles. The summed E-state index contributed by atoms with van der Waals surface area (Å²) in [6, 6.07) is 20.5. The zero-order valence-corrected chi connectivity index (χ0v) is 18.6. The highest BCUT2D eigenvalue weighted by molar-refractivity contribution is 7.92. The van der Waals surface area contributed by atoms with Crippen molar-refractivity contribution in [1.82, 2.24) is 0 Å². The Morgan fingerprint density at radius 1 is 1.00 bits per heavy atom. The number of anilines is 2. The van der Waals surface area contributed by atoms with Crippen LogP contribution < -0.4 is 19.1 Å². The van der Waals surface area contributed by atoms with E-state index in [0.717, 1.165) is 17.7 Å². The summed E-state index contributed by atoms with van der Waals surface area (Å²) < 4.78 is 38.5. The minimum atomic E-state index is -3.76. The molecule has 0 saturated heterocycles.